The zero-order valence-electron chi connectivity index (χ0n) is 4.57. The maximum atomic E-state index is 5.49. The van der Waals surface area contributed by atoms with Crippen molar-refractivity contribution in [2.24, 2.45) is 5.73 Å². The summed E-state index contributed by atoms with van der Waals surface area (Å²) in [6.07, 6.45) is 0. The van der Waals surface area contributed by atoms with Crippen molar-refractivity contribution in [2.45, 2.75) is 19.4 Å². The molecule has 7 heavy (non-hydrogen) atoms. The molecule has 0 amide bonds. The first-order valence-electron chi connectivity index (χ1n) is 1.91. The van der Waals surface area contributed by atoms with Crippen LogP contribution in [0.3, 0.4) is 0 Å². The third-order valence-corrected chi connectivity index (χ3v) is 1.79. The molecular weight excluding hydrogens is 222 g/mol. The molecule has 1 nitrogen and oxygen atoms in total. The van der Waals surface area contributed by atoms with Crippen LogP contribution in [0.1, 0.15) is 13.8 Å². The fourth-order valence-electron chi connectivity index (χ4n) is 0. The highest BCUT2D eigenvalue weighted by Crippen LogP contribution is 1.98. The molecule has 0 spiro atoms. The van der Waals surface area contributed by atoms with Gasteiger partial charge in [-0.1, -0.05) is 15.9 Å². The van der Waals surface area contributed by atoms with Crippen LogP contribution in [-0.2, 0) is 0 Å². The maximum absolute atomic E-state index is 5.49. The van der Waals surface area contributed by atoms with Crippen molar-refractivity contribution in [3.8, 4) is 0 Å². The largest absolute Gasteiger partial charge is 0.325 e. The van der Waals surface area contributed by atoms with E-state index in [0.717, 1.165) is 5.33 Å². The third-order valence-electron chi connectivity index (χ3n) is 0.344. The SMILES string of the molecule is Br.CC(C)(N)CBr. The van der Waals surface area contributed by atoms with Gasteiger partial charge >= 0.3 is 0 Å². The van der Waals surface area contributed by atoms with Crippen molar-refractivity contribution < 1.29 is 0 Å². The van der Waals surface area contributed by atoms with E-state index in [1.165, 1.54) is 0 Å². The van der Waals surface area contributed by atoms with E-state index in [1.54, 1.807) is 0 Å². The summed E-state index contributed by atoms with van der Waals surface area (Å²) in [6.45, 7) is 3.95. The first-order chi connectivity index (χ1) is 2.56. The second-order valence-electron chi connectivity index (χ2n) is 2.12. The number of hydrogen-bond acceptors (Lipinski definition) is 1. The van der Waals surface area contributed by atoms with Gasteiger partial charge in [0.15, 0.2) is 0 Å². The minimum absolute atomic E-state index is 0. The molecule has 0 bridgehead atoms. The molecule has 0 unspecified atom stereocenters. The Morgan fingerprint density at radius 3 is 1.71 bits per heavy atom. The molecule has 2 N–H and O–H groups in total. The van der Waals surface area contributed by atoms with Gasteiger partial charge in [-0.3, -0.25) is 0 Å². The molecule has 46 valence electrons. The number of hydrogen-bond donors (Lipinski definition) is 1. The number of halogens is 2. The predicted molar refractivity (Wildman–Crippen MR) is 42.4 cm³/mol. The van der Waals surface area contributed by atoms with Gasteiger partial charge in [-0.15, -0.1) is 17.0 Å². The fraction of sp³-hybridized carbons (Fsp3) is 1.00. The van der Waals surface area contributed by atoms with Gasteiger partial charge in [0.05, 0.1) is 0 Å². The Balaban J connectivity index is 0. The van der Waals surface area contributed by atoms with Gasteiger partial charge in [0.1, 0.15) is 0 Å². The van der Waals surface area contributed by atoms with Gasteiger partial charge in [0, 0.05) is 10.9 Å². The monoisotopic (exact) mass is 231 g/mol. The van der Waals surface area contributed by atoms with E-state index >= 15 is 0 Å². The molecular formula is C4H11Br2N. The summed E-state index contributed by atoms with van der Waals surface area (Å²) < 4.78 is 0. The average Bonchev–Trinajstić information content (AvgIpc) is 1.35. The number of nitrogens with two attached hydrogens (primary N) is 1. The predicted octanol–water partition coefficient (Wildman–Crippen LogP) is 1.70. The molecule has 0 aliphatic heterocycles. The lowest BCUT2D eigenvalue weighted by Crippen LogP contribution is -2.33. The van der Waals surface area contributed by atoms with Gasteiger partial charge in [-0.25, -0.2) is 0 Å². The van der Waals surface area contributed by atoms with Crippen molar-refractivity contribution in [2.75, 3.05) is 5.33 Å². The second kappa shape index (κ2) is 3.87. The van der Waals surface area contributed by atoms with E-state index in [2.05, 4.69) is 15.9 Å². The minimum Gasteiger partial charge on any atom is -0.325 e. The molecule has 0 aromatic carbocycles. The van der Waals surface area contributed by atoms with Crippen LogP contribution in [0.25, 0.3) is 0 Å². The number of rotatable bonds is 1. The van der Waals surface area contributed by atoms with Crippen LogP contribution in [0, 0.1) is 0 Å². The van der Waals surface area contributed by atoms with Crippen LogP contribution in [0.4, 0.5) is 0 Å². The Labute approximate surface area is 63.6 Å². The lowest BCUT2D eigenvalue weighted by molar-refractivity contribution is 0.595. The average molecular weight is 233 g/mol. The Morgan fingerprint density at radius 2 is 1.71 bits per heavy atom. The highest BCUT2D eigenvalue weighted by Gasteiger charge is 2.04. The summed E-state index contributed by atoms with van der Waals surface area (Å²) in [5.74, 6) is 0. The number of alkyl halides is 1. The highest BCUT2D eigenvalue weighted by molar-refractivity contribution is 9.09. The topological polar surface area (TPSA) is 26.0 Å². The van der Waals surface area contributed by atoms with Crippen molar-refractivity contribution in [3.63, 3.8) is 0 Å². The molecule has 0 aliphatic rings. The van der Waals surface area contributed by atoms with E-state index < -0.39 is 0 Å². The van der Waals surface area contributed by atoms with Crippen LogP contribution in [-0.4, -0.2) is 10.9 Å². The van der Waals surface area contributed by atoms with Crippen LogP contribution < -0.4 is 5.73 Å². The van der Waals surface area contributed by atoms with Gasteiger partial charge in [0.25, 0.3) is 0 Å². The molecule has 0 saturated heterocycles. The summed E-state index contributed by atoms with van der Waals surface area (Å²) in [5.41, 5.74) is 5.45. The molecule has 0 saturated carbocycles. The Morgan fingerprint density at radius 1 is 1.57 bits per heavy atom. The van der Waals surface area contributed by atoms with Crippen LogP contribution >= 0.6 is 32.9 Å². The van der Waals surface area contributed by atoms with E-state index in [9.17, 15) is 0 Å². The third kappa shape index (κ3) is 10.9. The molecule has 3 heteroatoms. The summed E-state index contributed by atoms with van der Waals surface area (Å²) in [5, 5.41) is 0.861. The molecule has 0 atom stereocenters. The second-order valence-corrected chi connectivity index (χ2v) is 2.68. The zero-order chi connectivity index (χ0) is 5.21. The Hall–Kier alpha value is 0.920. The summed E-state index contributed by atoms with van der Waals surface area (Å²) >= 11 is 3.24. The fourth-order valence-corrected chi connectivity index (χ4v) is 0. The van der Waals surface area contributed by atoms with E-state index in [0.29, 0.717) is 0 Å². The van der Waals surface area contributed by atoms with Crippen LogP contribution in [0.2, 0.25) is 0 Å². The van der Waals surface area contributed by atoms with E-state index in [-0.39, 0.29) is 22.5 Å². The van der Waals surface area contributed by atoms with Crippen molar-refractivity contribution in [1.82, 2.24) is 0 Å². The van der Waals surface area contributed by atoms with Crippen molar-refractivity contribution in [3.05, 3.63) is 0 Å². The molecule has 0 aromatic heterocycles. The van der Waals surface area contributed by atoms with E-state index in [1.807, 2.05) is 13.8 Å². The van der Waals surface area contributed by atoms with Crippen LogP contribution in [0.15, 0.2) is 0 Å². The van der Waals surface area contributed by atoms with Crippen molar-refractivity contribution >= 4 is 32.9 Å². The maximum Gasteiger partial charge on any atom is 0.0207 e. The van der Waals surface area contributed by atoms with Gasteiger partial charge < -0.3 is 5.73 Å². The summed E-state index contributed by atoms with van der Waals surface area (Å²) in [4.78, 5) is 0. The zero-order valence-corrected chi connectivity index (χ0v) is 7.87. The molecule has 0 rings (SSSR count). The summed E-state index contributed by atoms with van der Waals surface area (Å²) in [7, 11) is 0. The molecule has 0 aliphatic carbocycles. The lowest BCUT2D eigenvalue weighted by Gasteiger charge is -2.11. The quantitative estimate of drug-likeness (QED) is 0.685. The highest BCUT2D eigenvalue weighted by atomic mass is 79.9. The molecule has 0 radical (unpaired) electrons. The Kier molecular flexibility index (Phi) is 5.98. The molecule has 0 heterocycles. The minimum atomic E-state index is -0.0417. The first kappa shape index (κ1) is 10.8. The van der Waals surface area contributed by atoms with E-state index in [4.69, 9.17) is 5.73 Å². The normalized spacial score (nSPS) is 10.3. The van der Waals surface area contributed by atoms with Gasteiger partial charge in [-0.05, 0) is 13.8 Å². The molecule has 0 fully saturated rings. The van der Waals surface area contributed by atoms with Crippen molar-refractivity contribution in [1.29, 1.82) is 0 Å². The van der Waals surface area contributed by atoms with Crippen LogP contribution in [0.5, 0.6) is 0 Å². The summed E-state index contributed by atoms with van der Waals surface area (Å²) in [6, 6.07) is 0. The smallest absolute Gasteiger partial charge is 0.0207 e. The van der Waals surface area contributed by atoms with Gasteiger partial charge in [-0.2, -0.15) is 0 Å². The lowest BCUT2D eigenvalue weighted by atomic mass is 10.1. The standard InChI is InChI=1S/C4H10BrN.BrH/c1-4(2,6)3-5;/h3,6H2,1-2H3;1H. The molecule has 0 aromatic rings. The van der Waals surface area contributed by atoms with Gasteiger partial charge in [0.2, 0.25) is 0 Å². The first-order valence-corrected chi connectivity index (χ1v) is 3.03. The Bertz CT molecular complexity index is 39.4.